The molecule has 3 rings (SSSR count). The maximum atomic E-state index is 12.7. The molecule has 1 aromatic carbocycles. The molecule has 0 aliphatic heterocycles. The van der Waals surface area contributed by atoms with Gasteiger partial charge in [0.15, 0.2) is 0 Å². The van der Waals surface area contributed by atoms with E-state index in [1.807, 2.05) is 0 Å². The summed E-state index contributed by atoms with van der Waals surface area (Å²) < 4.78 is 38.2. The van der Waals surface area contributed by atoms with Crippen LogP contribution in [0, 0.1) is 0 Å². The summed E-state index contributed by atoms with van der Waals surface area (Å²) in [5.74, 6) is 0. The minimum absolute atomic E-state index is 0.0711. The molecule has 0 aliphatic rings. The molecule has 0 saturated carbocycles. The van der Waals surface area contributed by atoms with Gasteiger partial charge in [0, 0.05) is 5.56 Å². The summed E-state index contributed by atoms with van der Waals surface area (Å²) in [6.07, 6.45) is -3.31. The van der Waals surface area contributed by atoms with Crippen molar-refractivity contribution < 1.29 is 13.2 Å². The van der Waals surface area contributed by atoms with Gasteiger partial charge in [-0.05, 0) is 12.1 Å². The van der Waals surface area contributed by atoms with Crippen LogP contribution in [0.3, 0.4) is 0 Å². The number of aromatic amines is 2. The molecule has 0 fully saturated rings. The Hall–Kier alpha value is -2.06. The van der Waals surface area contributed by atoms with Crippen LogP contribution < -0.4 is 5.56 Å². The fourth-order valence-corrected chi connectivity index (χ4v) is 2.67. The number of nitrogens with zero attached hydrogens (tertiary/aromatic N) is 2. The minimum Gasteiger partial charge on any atom is -0.275 e. The highest BCUT2D eigenvalue weighted by molar-refractivity contribution is 6.39. The molecule has 0 amide bonds. The van der Waals surface area contributed by atoms with Gasteiger partial charge >= 0.3 is 6.18 Å². The number of fused-ring (bicyclic) bond motifs is 1. The Morgan fingerprint density at radius 2 is 1.73 bits per heavy atom. The highest BCUT2D eigenvalue weighted by Crippen LogP contribution is 2.40. The molecule has 0 aliphatic carbocycles. The highest BCUT2D eigenvalue weighted by atomic mass is 35.5. The summed E-state index contributed by atoms with van der Waals surface area (Å²) in [7, 11) is 0. The summed E-state index contributed by atoms with van der Waals surface area (Å²) in [4.78, 5) is 11.6. The number of hydrogen-bond acceptors (Lipinski definition) is 3. The first kappa shape index (κ1) is 14.9. The molecular formula is C12H5Cl2F3N4O. The molecule has 0 radical (unpaired) electrons. The predicted octanol–water partition coefficient (Wildman–Crippen LogP) is 3.64. The molecule has 114 valence electrons. The largest absolute Gasteiger partial charge is 0.416 e. The predicted molar refractivity (Wildman–Crippen MR) is 75.0 cm³/mol. The topological polar surface area (TPSA) is 74.4 Å². The SMILES string of the molecule is O=c1[nH]nc(-c2c(Cl)cc(C(F)(F)F)cc2Cl)c2[nH]ncc12. The smallest absolute Gasteiger partial charge is 0.275 e. The van der Waals surface area contributed by atoms with Crippen LogP contribution in [0.5, 0.6) is 0 Å². The Bertz CT molecular complexity index is 909. The maximum Gasteiger partial charge on any atom is 0.416 e. The number of hydrogen-bond donors (Lipinski definition) is 2. The number of rotatable bonds is 1. The van der Waals surface area contributed by atoms with Gasteiger partial charge in [0.2, 0.25) is 0 Å². The summed E-state index contributed by atoms with van der Waals surface area (Å²) in [5, 5.41) is 12.0. The lowest BCUT2D eigenvalue weighted by Crippen LogP contribution is -2.09. The number of halogens is 5. The molecule has 2 aromatic heterocycles. The Kier molecular flexibility index (Phi) is 3.37. The second kappa shape index (κ2) is 4.99. The zero-order valence-electron chi connectivity index (χ0n) is 10.4. The van der Waals surface area contributed by atoms with E-state index in [9.17, 15) is 18.0 Å². The van der Waals surface area contributed by atoms with E-state index in [1.165, 1.54) is 6.20 Å². The fraction of sp³-hybridized carbons (Fsp3) is 0.0833. The quantitative estimate of drug-likeness (QED) is 0.704. The normalized spacial score (nSPS) is 12.0. The first-order valence-corrected chi connectivity index (χ1v) is 6.53. The van der Waals surface area contributed by atoms with Crippen molar-refractivity contribution in [1.29, 1.82) is 0 Å². The lowest BCUT2D eigenvalue weighted by molar-refractivity contribution is -0.137. The molecule has 0 atom stereocenters. The molecule has 2 heterocycles. The van der Waals surface area contributed by atoms with Crippen LogP contribution in [0.2, 0.25) is 10.0 Å². The van der Waals surface area contributed by atoms with Crippen molar-refractivity contribution in [2.75, 3.05) is 0 Å². The number of aromatic nitrogens is 4. The monoisotopic (exact) mass is 348 g/mol. The van der Waals surface area contributed by atoms with Gasteiger partial charge < -0.3 is 0 Å². The maximum absolute atomic E-state index is 12.7. The Morgan fingerprint density at radius 1 is 1.09 bits per heavy atom. The molecule has 0 unspecified atom stereocenters. The van der Waals surface area contributed by atoms with Crippen molar-refractivity contribution in [3.63, 3.8) is 0 Å². The van der Waals surface area contributed by atoms with Crippen LogP contribution in [-0.4, -0.2) is 20.4 Å². The summed E-state index contributed by atoms with van der Waals surface area (Å²) in [6.45, 7) is 0. The van der Waals surface area contributed by atoms with Gasteiger partial charge in [-0.3, -0.25) is 9.89 Å². The molecule has 0 spiro atoms. The van der Waals surface area contributed by atoms with E-state index in [2.05, 4.69) is 20.4 Å². The van der Waals surface area contributed by atoms with Crippen LogP contribution in [0.15, 0.2) is 23.1 Å². The third-order valence-corrected chi connectivity index (χ3v) is 3.59. The van der Waals surface area contributed by atoms with Gasteiger partial charge in [-0.25, -0.2) is 5.10 Å². The lowest BCUT2D eigenvalue weighted by Gasteiger charge is -2.12. The lowest BCUT2D eigenvalue weighted by atomic mass is 10.1. The Morgan fingerprint density at radius 3 is 2.32 bits per heavy atom. The zero-order valence-corrected chi connectivity index (χ0v) is 11.9. The number of H-pyrrole nitrogens is 2. The van der Waals surface area contributed by atoms with E-state index in [0.29, 0.717) is 0 Å². The average molecular weight is 349 g/mol. The van der Waals surface area contributed by atoms with Crippen molar-refractivity contribution in [3.8, 4) is 11.3 Å². The molecule has 2 N–H and O–H groups in total. The highest BCUT2D eigenvalue weighted by Gasteiger charge is 2.32. The third kappa shape index (κ3) is 2.34. The van der Waals surface area contributed by atoms with Crippen molar-refractivity contribution in [2.24, 2.45) is 0 Å². The van der Waals surface area contributed by atoms with Gasteiger partial charge in [-0.15, -0.1) is 0 Å². The summed E-state index contributed by atoms with van der Waals surface area (Å²) in [5.41, 5.74) is -1.06. The van der Waals surface area contributed by atoms with E-state index in [-0.39, 0.29) is 32.2 Å². The van der Waals surface area contributed by atoms with Gasteiger partial charge in [0.1, 0.15) is 5.69 Å². The van der Waals surface area contributed by atoms with Crippen molar-refractivity contribution >= 4 is 34.1 Å². The molecule has 10 heteroatoms. The minimum atomic E-state index is -4.58. The van der Waals surface area contributed by atoms with Crippen LogP contribution in [-0.2, 0) is 6.18 Å². The number of benzene rings is 1. The van der Waals surface area contributed by atoms with Crippen LogP contribution in [0.4, 0.5) is 13.2 Å². The second-order valence-electron chi connectivity index (χ2n) is 4.37. The van der Waals surface area contributed by atoms with Crippen molar-refractivity contribution in [1.82, 2.24) is 20.4 Å². The molecule has 5 nitrogen and oxygen atoms in total. The molecule has 0 bridgehead atoms. The fourth-order valence-electron chi connectivity index (χ4n) is 2.01. The molecule has 22 heavy (non-hydrogen) atoms. The summed E-state index contributed by atoms with van der Waals surface area (Å²) in [6, 6.07) is 1.50. The molecule has 3 aromatic rings. The Labute approximate surface area is 130 Å². The number of alkyl halides is 3. The zero-order chi connectivity index (χ0) is 16.1. The van der Waals surface area contributed by atoms with E-state index in [1.54, 1.807) is 0 Å². The van der Waals surface area contributed by atoms with Gasteiger partial charge in [0.05, 0.1) is 32.7 Å². The van der Waals surface area contributed by atoms with E-state index in [0.717, 1.165) is 12.1 Å². The van der Waals surface area contributed by atoms with Gasteiger partial charge in [0.25, 0.3) is 5.56 Å². The Balaban J connectivity index is 2.30. The first-order valence-electron chi connectivity index (χ1n) is 5.77. The molecule has 0 saturated heterocycles. The first-order chi connectivity index (χ1) is 10.3. The van der Waals surface area contributed by atoms with Crippen LogP contribution >= 0.6 is 23.2 Å². The van der Waals surface area contributed by atoms with Crippen molar-refractivity contribution in [3.05, 3.63) is 44.3 Å². The van der Waals surface area contributed by atoms with Gasteiger partial charge in [-0.2, -0.15) is 23.4 Å². The van der Waals surface area contributed by atoms with E-state index < -0.39 is 17.3 Å². The van der Waals surface area contributed by atoms with E-state index in [4.69, 9.17) is 23.2 Å². The van der Waals surface area contributed by atoms with Crippen LogP contribution in [0.1, 0.15) is 5.56 Å². The third-order valence-electron chi connectivity index (χ3n) is 3.00. The average Bonchev–Trinajstić information content (AvgIpc) is 2.89. The van der Waals surface area contributed by atoms with Crippen molar-refractivity contribution in [2.45, 2.75) is 6.18 Å². The number of nitrogens with one attached hydrogen (secondary N) is 2. The molecular weight excluding hydrogens is 344 g/mol. The van der Waals surface area contributed by atoms with Gasteiger partial charge in [-0.1, -0.05) is 23.2 Å². The van der Waals surface area contributed by atoms with Crippen LogP contribution in [0.25, 0.3) is 22.2 Å². The second-order valence-corrected chi connectivity index (χ2v) is 5.19. The van der Waals surface area contributed by atoms with E-state index >= 15 is 0 Å². The summed E-state index contributed by atoms with van der Waals surface area (Å²) >= 11 is 11.9. The standard InChI is InChI=1S/C12H5Cl2F3N4O/c13-6-1-4(12(15,16)17)2-7(14)8(6)10-9-5(3-18-19-9)11(22)21-20-10/h1-3H,(H,18,19)(H,21,22).